The summed E-state index contributed by atoms with van der Waals surface area (Å²) in [5.41, 5.74) is 1.26. The Balaban J connectivity index is 1.74. The second kappa shape index (κ2) is 6.06. The molecule has 0 radical (unpaired) electrons. The molecule has 0 aliphatic carbocycles. The lowest BCUT2D eigenvalue weighted by atomic mass is 10.1. The van der Waals surface area contributed by atoms with Gasteiger partial charge in [0.15, 0.2) is 6.39 Å². The minimum Gasteiger partial charge on any atom is -0.497 e. The minimum absolute atomic E-state index is 0.712. The molecule has 0 saturated carbocycles. The van der Waals surface area contributed by atoms with Crippen LogP contribution in [0.3, 0.4) is 0 Å². The van der Waals surface area contributed by atoms with Crippen molar-refractivity contribution >= 4 is 0 Å². The molecule has 0 unspecified atom stereocenters. The van der Waals surface area contributed by atoms with Crippen molar-refractivity contribution in [2.45, 2.75) is 13.0 Å². The van der Waals surface area contributed by atoms with Crippen LogP contribution >= 0.6 is 0 Å². The number of ether oxygens (including phenoxy) is 1. The van der Waals surface area contributed by atoms with Crippen molar-refractivity contribution in [3.8, 4) is 5.75 Å². The summed E-state index contributed by atoms with van der Waals surface area (Å²) < 4.78 is 10.3. The fraction of sp³-hybridized carbons (Fsp3) is 0.308. The molecule has 0 bridgehead atoms. The van der Waals surface area contributed by atoms with Crippen molar-refractivity contribution in [2.75, 3.05) is 13.7 Å². The van der Waals surface area contributed by atoms with Gasteiger partial charge < -0.3 is 14.5 Å². The molecule has 1 aromatic heterocycles. The van der Waals surface area contributed by atoms with Crippen molar-refractivity contribution < 1.29 is 9.15 Å². The third kappa shape index (κ3) is 3.60. The Bertz CT molecular complexity index is 440. The lowest BCUT2D eigenvalue weighted by Crippen LogP contribution is -2.16. The van der Waals surface area contributed by atoms with Crippen LogP contribution in [0.25, 0.3) is 0 Å². The third-order valence-electron chi connectivity index (χ3n) is 2.51. The van der Waals surface area contributed by atoms with Gasteiger partial charge >= 0.3 is 0 Å². The van der Waals surface area contributed by atoms with Gasteiger partial charge in [0, 0.05) is 0 Å². The van der Waals surface area contributed by atoms with Gasteiger partial charge in [-0.3, -0.25) is 0 Å². The molecular formula is C13H16N2O2. The van der Waals surface area contributed by atoms with Crippen molar-refractivity contribution in [3.05, 3.63) is 48.2 Å². The normalized spacial score (nSPS) is 10.4. The summed E-state index contributed by atoms with van der Waals surface area (Å²) >= 11 is 0. The van der Waals surface area contributed by atoms with Crippen LogP contribution in [-0.4, -0.2) is 18.6 Å². The van der Waals surface area contributed by atoms with Crippen LogP contribution in [0.15, 0.2) is 41.3 Å². The molecule has 2 rings (SSSR count). The van der Waals surface area contributed by atoms with E-state index in [4.69, 9.17) is 9.15 Å². The molecular weight excluding hydrogens is 216 g/mol. The number of hydrogen-bond donors (Lipinski definition) is 1. The number of oxazole rings is 1. The molecule has 1 heterocycles. The van der Waals surface area contributed by atoms with Crippen LogP contribution < -0.4 is 10.1 Å². The van der Waals surface area contributed by atoms with E-state index in [1.165, 1.54) is 12.0 Å². The van der Waals surface area contributed by atoms with E-state index in [1.807, 2.05) is 12.1 Å². The summed E-state index contributed by atoms with van der Waals surface area (Å²) in [6, 6.07) is 8.10. The molecule has 1 N–H and O–H groups in total. The molecule has 90 valence electrons. The molecule has 0 aliphatic rings. The Hall–Kier alpha value is -1.81. The number of nitrogens with one attached hydrogen (secondary N) is 1. The first-order valence-electron chi connectivity index (χ1n) is 5.59. The molecule has 4 nitrogen and oxygen atoms in total. The summed E-state index contributed by atoms with van der Waals surface area (Å²) in [6.45, 7) is 1.61. The van der Waals surface area contributed by atoms with E-state index in [0.717, 1.165) is 24.5 Å². The molecule has 0 spiro atoms. The highest BCUT2D eigenvalue weighted by atomic mass is 16.5. The van der Waals surface area contributed by atoms with E-state index in [9.17, 15) is 0 Å². The fourth-order valence-electron chi connectivity index (χ4n) is 1.60. The Morgan fingerprint density at radius 2 is 2.35 bits per heavy atom. The number of hydrogen-bond acceptors (Lipinski definition) is 4. The van der Waals surface area contributed by atoms with E-state index in [1.54, 1.807) is 13.3 Å². The molecule has 2 aromatic rings. The van der Waals surface area contributed by atoms with Gasteiger partial charge in [0.05, 0.1) is 19.9 Å². The first-order valence-corrected chi connectivity index (χ1v) is 5.59. The highest BCUT2D eigenvalue weighted by molar-refractivity contribution is 5.28. The highest BCUT2D eigenvalue weighted by Crippen LogP contribution is 2.12. The largest absolute Gasteiger partial charge is 0.497 e. The summed E-state index contributed by atoms with van der Waals surface area (Å²) in [6.07, 6.45) is 4.13. The van der Waals surface area contributed by atoms with Crippen molar-refractivity contribution in [1.82, 2.24) is 10.3 Å². The van der Waals surface area contributed by atoms with Gasteiger partial charge in [0.1, 0.15) is 11.5 Å². The standard InChI is InChI=1S/C13H16N2O2/c1-16-12-4-2-3-11(7-12)5-6-14-8-13-9-15-10-17-13/h2-4,7,9-10,14H,5-6,8H2,1H3. The zero-order chi connectivity index (χ0) is 11.9. The predicted octanol–water partition coefficient (Wildman–Crippen LogP) is 2.02. The van der Waals surface area contributed by atoms with E-state index >= 15 is 0 Å². The molecule has 1 aromatic carbocycles. The van der Waals surface area contributed by atoms with Gasteiger partial charge in [-0.05, 0) is 30.7 Å². The smallest absolute Gasteiger partial charge is 0.180 e. The maximum Gasteiger partial charge on any atom is 0.180 e. The summed E-state index contributed by atoms with van der Waals surface area (Å²) in [5.74, 6) is 1.76. The van der Waals surface area contributed by atoms with Crippen LogP contribution in [0.5, 0.6) is 5.75 Å². The van der Waals surface area contributed by atoms with Gasteiger partial charge in [0.25, 0.3) is 0 Å². The molecule has 4 heteroatoms. The third-order valence-corrected chi connectivity index (χ3v) is 2.51. The Morgan fingerprint density at radius 1 is 1.41 bits per heavy atom. The number of nitrogens with zero attached hydrogens (tertiary/aromatic N) is 1. The summed E-state index contributed by atoms with van der Waals surface area (Å²) in [4.78, 5) is 3.86. The van der Waals surface area contributed by atoms with Crippen molar-refractivity contribution in [2.24, 2.45) is 0 Å². The first-order chi connectivity index (χ1) is 8.38. The monoisotopic (exact) mass is 232 g/mol. The number of benzene rings is 1. The van der Waals surface area contributed by atoms with Crippen LogP contribution in [0.4, 0.5) is 0 Å². The Labute approximate surface area is 101 Å². The van der Waals surface area contributed by atoms with Crippen molar-refractivity contribution in [1.29, 1.82) is 0 Å². The Kier molecular flexibility index (Phi) is 4.16. The average Bonchev–Trinajstić information content (AvgIpc) is 2.88. The van der Waals surface area contributed by atoms with Crippen LogP contribution in [0.1, 0.15) is 11.3 Å². The molecule has 17 heavy (non-hydrogen) atoms. The van der Waals surface area contributed by atoms with E-state index < -0.39 is 0 Å². The zero-order valence-corrected chi connectivity index (χ0v) is 9.85. The quantitative estimate of drug-likeness (QED) is 0.774. The average molecular weight is 232 g/mol. The van der Waals surface area contributed by atoms with E-state index in [2.05, 4.69) is 22.4 Å². The van der Waals surface area contributed by atoms with Crippen molar-refractivity contribution in [3.63, 3.8) is 0 Å². The zero-order valence-electron chi connectivity index (χ0n) is 9.85. The maximum absolute atomic E-state index is 5.18. The molecule has 0 fully saturated rings. The predicted molar refractivity (Wildman–Crippen MR) is 64.9 cm³/mol. The van der Waals surface area contributed by atoms with Gasteiger partial charge in [-0.15, -0.1) is 0 Å². The first kappa shape index (κ1) is 11.7. The number of methoxy groups -OCH3 is 1. The number of rotatable bonds is 6. The topological polar surface area (TPSA) is 47.3 Å². The van der Waals surface area contributed by atoms with Crippen LogP contribution in [-0.2, 0) is 13.0 Å². The SMILES string of the molecule is COc1cccc(CCNCc2cnco2)c1. The number of aromatic nitrogens is 1. The highest BCUT2D eigenvalue weighted by Gasteiger charge is 1.98. The lowest BCUT2D eigenvalue weighted by molar-refractivity contribution is 0.414. The van der Waals surface area contributed by atoms with Crippen LogP contribution in [0.2, 0.25) is 0 Å². The fourth-order valence-corrected chi connectivity index (χ4v) is 1.60. The van der Waals surface area contributed by atoms with Gasteiger partial charge in [-0.2, -0.15) is 0 Å². The molecule has 0 amide bonds. The van der Waals surface area contributed by atoms with E-state index in [-0.39, 0.29) is 0 Å². The van der Waals surface area contributed by atoms with Gasteiger partial charge in [0.2, 0.25) is 0 Å². The minimum atomic E-state index is 0.712. The van der Waals surface area contributed by atoms with Gasteiger partial charge in [-0.1, -0.05) is 12.1 Å². The second-order valence-electron chi connectivity index (χ2n) is 3.75. The van der Waals surface area contributed by atoms with Crippen LogP contribution in [0, 0.1) is 0 Å². The Morgan fingerprint density at radius 3 is 3.12 bits per heavy atom. The second-order valence-corrected chi connectivity index (χ2v) is 3.75. The van der Waals surface area contributed by atoms with E-state index in [0.29, 0.717) is 6.54 Å². The summed E-state index contributed by atoms with van der Waals surface area (Å²) in [5, 5.41) is 3.30. The molecule has 0 aliphatic heterocycles. The molecule has 0 atom stereocenters. The maximum atomic E-state index is 5.18. The summed E-state index contributed by atoms with van der Waals surface area (Å²) in [7, 11) is 1.68. The molecule has 0 saturated heterocycles. The van der Waals surface area contributed by atoms with Gasteiger partial charge in [-0.25, -0.2) is 4.98 Å². The lowest BCUT2D eigenvalue weighted by Gasteiger charge is -2.05.